The molecule has 6 heteroatoms. The van der Waals surface area contributed by atoms with Crippen LogP contribution in [0, 0.1) is 6.92 Å². The Morgan fingerprint density at radius 3 is 2.41 bits per heavy atom. The van der Waals surface area contributed by atoms with Crippen molar-refractivity contribution in [2.75, 3.05) is 4.31 Å². The number of aryl methyl sites for hydroxylation is 1. The first-order chi connectivity index (χ1) is 13.9. The van der Waals surface area contributed by atoms with Gasteiger partial charge in [-0.15, -0.1) is 0 Å². The quantitative estimate of drug-likeness (QED) is 0.819. The number of anilines is 1. The van der Waals surface area contributed by atoms with Crippen molar-refractivity contribution in [2.24, 2.45) is 0 Å². The average Bonchev–Trinajstić information content (AvgIpc) is 3.04. The van der Waals surface area contributed by atoms with Gasteiger partial charge in [0.25, 0.3) is 15.9 Å². The number of nitrogens with zero attached hydrogens (tertiary/aromatic N) is 1. The number of sulfonamides is 1. The molecular formula is C23H28N2O3S. The van der Waals surface area contributed by atoms with Gasteiger partial charge in [-0.2, -0.15) is 0 Å². The maximum Gasteiger partial charge on any atom is 0.264 e. The predicted octanol–water partition coefficient (Wildman–Crippen LogP) is 4.20. The molecule has 0 saturated heterocycles. The van der Waals surface area contributed by atoms with Gasteiger partial charge in [0, 0.05) is 17.6 Å². The highest BCUT2D eigenvalue weighted by Gasteiger charge is 2.36. The maximum atomic E-state index is 13.2. The molecule has 29 heavy (non-hydrogen) atoms. The Bertz CT molecular complexity index is 1010. The summed E-state index contributed by atoms with van der Waals surface area (Å²) in [6, 6.07) is 12.4. The molecule has 0 unspecified atom stereocenters. The van der Waals surface area contributed by atoms with Crippen LogP contribution in [0.15, 0.2) is 47.4 Å². The Labute approximate surface area is 173 Å². The van der Waals surface area contributed by atoms with E-state index in [1.807, 2.05) is 32.0 Å². The van der Waals surface area contributed by atoms with E-state index in [1.54, 1.807) is 24.3 Å². The molecule has 1 amide bonds. The summed E-state index contributed by atoms with van der Waals surface area (Å²) in [5.74, 6) is -0.0628. The van der Waals surface area contributed by atoms with Crippen molar-refractivity contribution in [3.63, 3.8) is 0 Å². The number of amides is 1. The molecule has 0 aromatic heterocycles. The van der Waals surface area contributed by atoms with Crippen molar-refractivity contribution in [3.8, 4) is 0 Å². The van der Waals surface area contributed by atoms with E-state index < -0.39 is 10.0 Å². The van der Waals surface area contributed by atoms with Crippen LogP contribution in [0.3, 0.4) is 0 Å². The molecule has 0 bridgehead atoms. The van der Waals surface area contributed by atoms with Gasteiger partial charge in [-0.1, -0.05) is 37.0 Å². The number of hydrogen-bond acceptors (Lipinski definition) is 3. The summed E-state index contributed by atoms with van der Waals surface area (Å²) >= 11 is 0. The molecule has 0 radical (unpaired) electrons. The van der Waals surface area contributed by atoms with Gasteiger partial charge in [-0.3, -0.25) is 9.10 Å². The summed E-state index contributed by atoms with van der Waals surface area (Å²) in [6.45, 7) is 3.84. The molecular weight excluding hydrogens is 384 g/mol. The van der Waals surface area contributed by atoms with Crippen molar-refractivity contribution in [3.05, 3.63) is 59.2 Å². The number of rotatable bonds is 4. The molecule has 1 fully saturated rings. The number of carbonyl (C=O) groups is 1. The van der Waals surface area contributed by atoms with E-state index in [4.69, 9.17) is 0 Å². The molecule has 154 valence electrons. The van der Waals surface area contributed by atoms with Gasteiger partial charge in [0.15, 0.2) is 0 Å². The second-order valence-corrected chi connectivity index (χ2v) is 10.1. The van der Waals surface area contributed by atoms with Crippen LogP contribution in [0.4, 0.5) is 5.69 Å². The molecule has 5 nitrogen and oxygen atoms in total. The van der Waals surface area contributed by atoms with Crippen LogP contribution in [0.1, 0.15) is 60.5 Å². The van der Waals surface area contributed by atoms with Crippen LogP contribution in [0.2, 0.25) is 0 Å². The first kappa shape index (κ1) is 20.0. The third kappa shape index (κ3) is 3.90. The molecule has 2 aliphatic rings. The largest absolute Gasteiger partial charge is 0.349 e. The lowest BCUT2D eigenvalue weighted by molar-refractivity contribution is 0.0927. The van der Waals surface area contributed by atoms with E-state index >= 15 is 0 Å². The third-order valence-electron chi connectivity index (χ3n) is 6.01. The summed E-state index contributed by atoms with van der Waals surface area (Å²) in [5, 5.41) is 3.14. The first-order valence-electron chi connectivity index (χ1n) is 10.4. The predicted molar refractivity (Wildman–Crippen MR) is 115 cm³/mol. The Morgan fingerprint density at radius 2 is 1.72 bits per heavy atom. The lowest BCUT2D eigenvalue weighted by Crippen LogP contribution is -2.36. The number of benzene rings is 2. The van der Waals surface area contributed by atoms with Crippen LogP contribution < -0.4 is 9.62 Å². The normalized spacial score (nSPS) is 19.8. The molecule has 4 rings (SSSR count). The fourth-order valence-electron chi connectivity index (χ4n) is 4.45. The van der Waals surface area contributed by atoms with Crippen molar-refractivity contribution in [2.45, 2.75) is 69.4 Å². The molecule has 1 saturated carbocycles. The van der Waals surface area contributed by atoms with Crippen LogP contribution in [-0.2, 0) is 16.4 Å². The van der Waals surface area contributed by atoms with E-state index in [-0.39, 0.29) is 18.0 Å². The Kier molecular flexibility index (Phi) is 5.38. The highest BCUT2D eigenvalue weighted by molar-refractivity contribution is 7.92. The van der Waals surface area contributed by atoms with Gasteiger partial charge >= 0.3 is 0 Å². The summed E-state index contributed by atoms with van der Waals surface area (Å²) in [7, 11) is -3.64. The van der Waals surface area contributed by atoms with Crippen LogP contribution in [0.25, 0.3) is 0 Å². The molecule has 2 aromatic carbocycles. The van der Waals surface area contributed by atoms with Crippen molar-refractivity contribution < 1.29 is 13.2 Å². The molecule has 1 atom stereocenters. The summed E-state index contributed by atoms with van der Waals surface area (Å²) < 4.78 is 28.0. The zero-order valence-corrected chi connectivity index (χ0v) is 17.8. The molecule has 2 aromatic rings. The second-order valence-electron chi connectivity index (χ2n) is 8.32. The standard InChI is InChI=1S/C23H28N2O3S/c1-16-8-11-21(12-9-16)29(27,28)25-17(2)14-19-15-18(10-13-22(19)25)23(26)24-20-6-4-3-5-7-20/h8-13,15,17,20H,3-7,14H2,1-2H3,(H,24,26)/t17-/m1/s1. The zero-order valence-electron chi connectivity index (χ0n) is 17.0. The Balaban J connectivity index is 1.59. The molecule has 0 spiro atoms. The highest BCUT2D eigenvalue weighted by atomic mass is 32.2. The third-order valence-corrected chi connectivity index (χ3v) is 7.96. The minimum atomic E-state index is -3.64. The Hall–Kier alpha value is -2.34. The minimum absolute atomic E-state index is 0.0628. The smallest absolute Gasteiger partial charge is 0.264 e. The van der Waals surface area contributed by atoms with Crippen molar-refractivity contribution in [1.82, 2.24) is 5.32 Å². The zero-order chi connectivity index (χ0) is 20.6. The number of nitrogens with one attached hydrogen (secondary N) is 1. The van der Waals surface area contributed by atoms with Gasteiger partial charge in [0.05, 0.1) is 10.6 Å². The number of fused-ring (bicyclic) bond motifs is 1. The van der Waals surface area contributed by atoms with Crippen LogP contribution >= 0.6 is 0 Å². The lowest BCUT2D eigenvalue weighted by atomic mass is 9.95. The fourth-order valence-corrected chi connectivity index (χ4v) is 6.14. The van der Waals surface area contributed by atoms with Crippen LogP contribution in [0.5, 0.6) is 0 Å². The van der Waals surface area contributed by atoms with Gasteiger partial charge in [0.1, 0.15) is 0 Å². The van der Waals surface area contributed by atoms with E-state index in [9.17, 15) is 13.2 Å². The van der Waals surface area contributed by atoms with Crippen LogP contribution in [-0.4, -0.2) is 26.4 Å². The summed E-state index contributed by atoms with van der Waals surface area (Å²) in [6.07, 6.45) is 6.25. The fraction of sp³-hybridized carbons (Fsp3) is 0.435. The van der Waals surface area contributed by atoms with Crippen molar-refractivity contribution >= 4 is 21.6 Å². The van der Waals surface area contributed by atoms with E-state index in [1.165, 1.54) is 23.6 Å². The monoisotopic (exact) mass is 412 g/mol. The summed E-state index contributed by atoms with van der Waals surface area (Å²) in [4.78, 5) is 13.0. The van der Waals surface area contributed by atoms with Crippen molar-refractivity contribution in [1.29, 1.82) is 0 Å². The molecule has 1 aliphatic carbocycles. The van der Waals surface area contributed by atoms with E-state index in [0.717, 1.165) is 24.0 Å². The Morgan fingerprint density at radius 1 is 1.03 bits per heavy atom. The second kappa shape index (κ2) is 7.82. The van der Waals surface area contributed by atoms with Gasteiger partial charge in [0.2, 0.25) is 0 Å². The van der Waals surface area contributed by atoms with E-state index in [2.05, 4.69) is 5.32 Å². The summed E-state index contributed by atoms with van der Waals surface area (Å²) in [5.41, 5.74) is 3.21. The van der Waals surface area contributed by atoms with E-state index in [0.29, 0.717) is 22.6 Å². The van der Waals surface area contributed by atoms with Gasteiger partial charge in [-0.25, -0.2) is 8.42 Å². The van der Waals surface area contributed by atoms with Gasteiger partial charge < -0.3 is 5.32 Å². The lowest BCUT2D eigenvalue weighted by Gasteiger charge is -2.25. The first-order valence-corrected chi connectivity index (χ1v) is 11.8. The highest BCUT2D eigenvalue weighted by Crippen LogP contribution is 2.37. The maximum absolute atomic E-state index is 13.2. The minimum Gasteiger partial charge on any atom is -0.349 e. The molecule has 1 heterocycles. The topological polar surface area (TPSA) is 66.5 Å². The average molecular weight is 413 g/mol. The number of hydrogen-bond donors (Lipinski definition) is 1. The molecule has 1 N–H and O–H groups in total. The number of carbonyl (C=O) groups excluding carboxylic acids is 1. The molecule has 1 aliphatic heterocycles. The SMILES string of the molecule is Cc1ccc(S(=O)(=O)N2c3ccc(C(=O)NC4CCCCC4)cc3C[C@H]2C)cc1. The van der Waals surface area contributed by atoms with Gasteiger partial charge in [-0.05, 0) is 69.0 Å².